The quantitative estimate of drug-likeness (QED) is 0.781. The molecule has 4 nitrogen and oxygen atoms in total. The smallest absolute Gasteiger partial charge is 0.226 e. The molecule has 114 valence electrons. The molecule has 1 aromatic heterocycles. The van der Waals surface area contributed by atoms with Crippen LogP contribution in [0.2, 0.25) is 0 Å². The highest BCUT2D eigenvalue weighted by molar-refractivity contribution is 5.81. The number of nitrogens with zero attached hydrogens (tertiary/aromatic N) is 3. The molecule has 1 amide bonds. The number of amides is 1. The number of hydrogen-bond donors (Lipinski definition) is 0. The highest BCUT2D eigenvalue weighted by Crippen LogP contribution is 2.32. The van der Waals surface area contributed by atoms with Gasteiger partial charge in [-0.05, 0) is 51.0 Å². The molecule has 0 saturated heterocycles. The van der Waals surface area contributed by atoms with E-state index in [9.17, 15) is 4.79 Å². The van der Waals surface area contributed by atoms with Gasteiger partial charge < -0.3 is 4.90 Å². The van der Waals surface area contributed by atoms with Crippen molar-refractivity contribution in [1.82, 2.24) is 14.7 Å². The Bertz CT molecular complexity index is 523. The predicted molar refractivity (Wildman–Crippen MR) is 82.6 cm³/mol. The summed E-state index contributed by atoms with van der Waals surface area (Å²) < 4.78 is 1.89. The van der Waals surface area contributed by atoms with E-state index in [0.29, 0.717) is 18.4 Å². The minimum absolute atomic E-state index is 0.286. The van der Waals surface area contributed by atoms with Crippen LogP contribution in [-0.4, -0.2) is 27.1 Å². The van der Waals surface area contributed by atoms with Crippen LogP contribution in [0.4, 0.5) is 0 Å². The van der Waals surface area contributed by atoms with E-state index in [2.05, 4.69) is 35.1 Å². The predicted octanol–water partition coefficient (Wildman–Crippen LogP) is 2.82. The van der Waals surface area contributed by atoms with Gasteiger partial charge in [-0.1, -0.05) is 12.2 Å². The third-order valence-electron chi connectivity index (χ3n) is 4.61. The van der Waals surface area contributed by atoms with E-state index in [4.69, 9.17) is 0 Å². The summed E-state index contributed by atoms with van der Waals surface area (Å²) in [6, 6.07) is 2.09. The van der Waals surface area contributed by atoms with Gasteiger partial charge in [0.15, 0.2) is 0 Å². The van der Waals surface area contributed by atoms with Crippen LogP contribution in [0.5, 0.6) is 0 Å². The maximum Gasteiger partial charge on any atom is 0.226 e. The van der Waals surface area contributed by atoms with Crippen molar-refractivity contribution in [3.63, 3.8) is 0 Å². The molecule has 0 radical (unpaired) electrons. The SMILES string of the molecule is Cc1cc(CN(CC2CC=CCC2)C(=O)C2CC2)nn1C. The standard InChI is InChI=1S/C17H25N3O/c1-13-10-16(18-19(13)2)12-20(17(21)15-8-9-15)11-14-6-4-3-5-7-14/h3-4,10,14-15H,5-9,11-12H2,1-2H3. The first-order valence-corrected chi connectivity index (χ1v) is 8.07. The Hall–Kier alpha value is -1.58. The lowest BCUT2D eigenvalue weighted by Crippen LogP contribution is -2.36. The second-order valence-corrected chi connectivity index (χ2v) is 6.54. The topological polar surface area (TPSA) is 38.1 Å². The summed E-state index contributed by atoms with van der Waals surface area (Å²) >= 11 is 0. The van der Waals surface area contributed by atoms with Crippen LogP contribution >= 0.6 is 0 Å². The Kier molecular flexibility index (Phi) is 4.13. The third-order valence-corrected chi connectivity index (χ3v) is 4.61. The Morgan fingerprint density at radius 1 is 1.38 bits per heavy atom. The molecule has 1 aromatic rings. The fourth-order valence-corrected chi connectivity index (χ4v) is 3.06. The molecule has 1 saturated carbocycles. The molecule has 0 bridgehead atoms. The Morgan fingerprint density at radius 3 is 2.76 bits per heavy atom. The number of hydrogen-bond acceptors (Lipinski definition) is 2. The number of carbonyl (C=O) groups is 1. The Labute approximate surface area is 126 Å². The molecule has 1 atom stereocenters. The molecule has 1 unspecified atom stereocenters. The molecule has 0 aliphatic heterocycles. The molecule has 2 aliphatic rings. The summed E-state index contributed by atoms with van der Waals surface area (Å²) in [5, 5.41) is 4.51. The van der Waals surface area contributed by atoms with Gasteiger partial charge in [-0.2, -0.15) is 5.10 Å². The molecule has 1 fully saturated rings. The van der Waals surface area contributed by atoms with Crippen molar-refractivity contribution in [2.75, 3.05) is 6.54 Å². The number of aryl methyl sites for hydroxylation is 2. The van der Waals surface area contributed by atoms with Crippen molar-refractivity contribution in [2.24, 2.45) is 18.9 Å². The van der Waals surface area contributed by atoms with Crippen LogP contribution in [0.25, 0.3) is 0 Å². The largest absolute Gasteiger partial charge is 0.336 e. The van der Waals surface area contributed by atoms with Crippen LogP contribution in [0.15, 0.2) is 18.2 Å². The molecular weight excluding hydrogens is 262 g/mol. The fourth-order valence-electron chi connectivity index (χ4n) is 3.06. The molecule has 1 heterocycles. The number of aromatic nitrogens is 2. The van der Waals surface area contributed by atoms with E-state index < -0.39 is 0 Å². The van der Waals surface area contributed by atoms with Crippen LogP contribution in [-0.2, 0) is 18.4 Å². The maximum absolute atomic E-state index is 12.5. The van der Waals surface area contributed by atoms with Gasteiger partial charge in [0.1, 0.15) is 0 Å². The minimum Gasteiger partial charge on any atom is -0.336 e. The van der Waals surface area contributed by atoms with Crippen LogP contribution in [0.3, 0.4) is 0 Å². The second-order valence-electron chi connectivity index (χ2n) is 6.54. The summed E-state index contributed by atoms with van der Waals surface area (Å²) in [4.78, 5) is 14.6. The minimum atomic E-state index is 0.286. The average Bonchev–Trinajstić information content (AvgIpc) is 3.26. The fraction of sp³-hybridized carbons (Fsp3) is 0.647. The average molecular weight is 287 g/mol. The molecule has 4 heteroatoms. The van der Waals surface area contributed by atoms with E-state index in [1.165, 1.54) is 6.42 Å². The third kappa shape index (κ3) is 3.55. The normalized spacial score (nSPS) is 21.5. The summed E-state index contributed by atoms with van der Waals surface area (Å²) in [5.41, 5.74) is 2.15. The van der Waals surface area contributed by atoms with Crippen LogP contribution in [0, 0.1) is 18.8 Å². The van der Waals surface area contributed by atoms with Crippen LogP contribution < -0.4 is 0 Å². The molecule has 21 heavy (non-hydrogen) atoms. The van der Waals surface area contributed by atoms with E-state index in [1.54, 1.807) is 0 Å². The van der Waals surface area contributed by atoms with E-state index >= 15 is 0 Å². The zero-order valence-electron chi connectivity index (χ0n) is 13.1. The highest BCUT2D eigenvalue weighted by Gasteiger charge is 2.34. The number of carbonyl (C=O) groups excluding carboxylic acids is 1. The summed E-state index contributed by atoms with van der Waals surface area (Å²) in [5.74, 6) is 1.24. The molecular formula is C17H25N3O. The lowest BCUT2D eigenvalue weighted by atomic mass is 9.93. The zero-order chi connectivity index (χ0) is 14.8. The first-order valence-electron chi connectivity index (χ1n) is 8.07. The van der Waals surface area contributed by atoms with Crippen molar-refractivity contribution < 1.29 is 4.79 Å². The van der Waals surface area contributed by atoms with Crippen molar-refractivity contribution >= 4 is 5.91 Å². The van der Waals surface area contributed by atoms with Gasteiger partial charge in [-0.15, -0.1) is 0 Å². The van der Waals surface area contributed by atoms with E-state index in [1.807, 2.05) is 11.7 Å². The van der Waals surface area contributed by atoms with Crippen molar-refractivity contribution in [2.45, 2.75) is 45.6 Å². The van der Waals surface area contributed by atoms with Gasteiger partial charge in [-0.3, -0.25) is 9.48 Å². The van der Waals surface area contributed by atoms with Crippen molar-refractivity contribution in [3.8, 4) is 0 Å². The highest BCUT2D eigenvalue weighted by atomic mass is 16.2. The lowest BCUT2D eigenvalue weighted by molar-refractivity contribution is -0.134. The second kappa shape index (κ2) is 6.04. The summed E-state index contributed by atoms with van der Waals surface area (Å²) in [6.07, 6.45) is 10.1. The molecule has 0 spiro atoms. The van der Waals surface area contributed by atoms with E-state index in [-0.39, 0.29) is 5.92 Å². The van der Waals surface area contributed by atoms with Gasteiger partial charge in [0.25, 0.3) is 0 Å². The monoisotopic (exact) mass is 287 g/mol. The van der Waals surface area contributed by atoms with Gasteiger partial charge in [0, 0.05) is 25.2 Å². The maximum atomic E-state index is 12.5. The zero-order valence-corrected chi connectivity index (χ0v) is 13.1. The van der Waals surface area contributed by atoms with Gasteiger partial charge in [0.05, 0.1) is 12.2 Å². The first-order chi connectivity index (χ1) is 10.1. The lowest BCUT2D eigenvalue weighted by Gasteiger charge is -2.28. The van der Waals surface area contributed by atoms with Gasteiger partial charge in [-0.25, -0.2) is 0 Å². The number of rotatable bonds is 5. The van der Waals surface area contributed by atoms with E-state index in [0.717, 1.165) is 43.6 Å². The molecule has 3 rings (SSSR count). The first kappa shape index (κ1) is 14.4. The molecule has 2 aliphatic carbocycles. The number of allylic oxidation sites excluding steroid dienone is 2. The Morgan fingerprint density at radius 2 is 2.19 bits per heavy atom. The summed E-state index contributed by atoms with van der Waals surface area (Å²) in [7, 11) is 1.96. The summed E-state index contributed by atoms with van der Waals surface area (Å²) in [6.45, 7) is 3.60. The van der Waals surface area contributed by atoms with Gasteiger partial charge >= 0.3 is 0 Å². The molecule has 0 aromatic carbocycles. The van der Waals surface area contributed by atoms with Crippen LogP contribution in [0.1, 0.15) is 43.5 Å². The molecule has 0 N–H and O–H groups in total. The van der Waals surface area contributed by atoms with Crippen molar-refractivity contribution in [3.05, 3.63) is 29.6 Å². The Balaban J connectivity index is 1.68. The van der Waals surface area contributed by atoms with Gasteiger partial charge in [0.2, 0.25) is 5.91 Å². The van der Waals surface area contributed by atoms with Crippen molar-refractivity contribution in [1.29, 1.82) is 0 Å².